The van der Waals surface area contributed by atoms with Gasteiger partial charge in [0.25, 0.3) is 0 Å². The summed E-state index contributed by atoms with van der Waals surface area (Å²) in [6.45, 7) is 6.30. The van der Waals surface area contributed by atoms with Gasteiger partial charge in [-0.2, -0.15) is 0 Å². The minimum atomic E-state index is -0.517. The fourth-order valence-corrected chi connectivity index (χ4v) is 2.61. The van der Waals surface area contributed by atoms with E-state index in [2.05, 4.69) is 11.5 Å². The van der Waals surface area contributed by atoms with E-state index in [9.17, 15) is 10.2 Å². The van der Waals surface area contributed by atoms with Gasteiger partial charge in [0.1, 0.15) is 18.5 Å². The van der Waals surface area contributed by atoms with Gasteiger partial charge in [-0.25, -0.2) is 0 Å². The lowest BCUT2D eigenvalue weighted by atomic mass is 10.1. The molecule has 0 radical (unpaired) electrons. The molecule has 1 aliphatic rings. The Kier molecular flexibility index (Phi) is 6.23. The maximum Gasteiger partial charge on any atom is 0.122 e. The number of ether oxygens (including phenoxy) is 1. The number of benzene rings is 1. The molecule has 2 N–H and O–H groups in total. The van der Waals surface area contributed by atoms with Gasteiger partial charge in [-0.15, -0.1) is 6.58 Å². The zero-order valence-corrected chi connectivity index (χ0v) is 12.4. The third kappa shape index (κ3) is 5.16. The number of aliphatic hydroxyl groups is 2. The van der Waals surface area contributed by atoms with Crippen LogP contribution in [0.4, 0.5) is 0 Å². The fraction of sp³-hybridized carbons (Fsp3) is 0.529. The van der Waals surface area contributed by atoms with Crippen LogP contribution in [0.15, 0.2) is 36.9 Å². The molecule has 1 fully saturated rings. The van der Waals surface area contributed by atoms with E-state index in [0.29, 0.717) is 6.54 Å². The van der Waals surface area contributed by atoms with Crippen molar-refractivity contribution in [2.45, 2.75) is 31.5 Å². The highest BCUT2D eigenvalue weighted by Crippen LogP contribution is 2.19. The Balaban J connectivity index is 1.78. The van der Waals surface area contributed by atoms with E-state index in [0.717, 1.165) is 43.7 Å². The third-order valence-corrected chi connectivity index (χ3v) is 3.79. The van der Waals surface area contributed by atoms with E-state index in [-0.39, 0.29) is 12.7 Å². The van der Waals surface area contributed by atoms with Crippen LogP contribution >= 0.6 is 0 Å². The molecule has 1 aromatic carbocycles. The minimum absolute atomic E-state index is 0.180. The Morgan fingerprint density at radius 1 is 1.33 bits per heavy atom. The molecule has 0 amide bonds. The molecule has 2 rings (SSSR count). The van der Waals surface area contributed by atoms with Crippen LogP contribution in [-0.2, 0) is 6.42 Å². The minimum Gasteiger partial charge on any atom is -0.491 e. The molecule has 0 saturated carbocycles. The van der Waals surface area contributed by atoms with Crippen molar-refractivity contribution in [1.82, 2.24) is 4.90 Å². The molecule has 116 valence electrons. The average molecular weight is 291 g/mol. The highest BCUT2D eigenvalue weighted by atomic mass is 16.5. The molecule has 1 unspecified atom stereocenters. The van der Waals surface area contributed by atoms with Gasteiger partial charge in [-0.1, -0.05) is 24.3 Å². The number of β-amino-alcohol motifs (C(OH)–C–C–N with tert-alkyl or cyclic N) is 1. The zero-order chi connectivity index (χ0) is 15.1. The largest absolute Gasteiger partial charge is 0.491 e. The van der Waals surface area contributed by atoms with Crippen LogP contribution in [0.1, 0.15) is 18.4 Å². The number of para-hydroxylation sites is 1. The standard InChI is InChI=1S/C17H25NO3/c1-2-5-14-6-3-4-7-17(14)21-13-16(20)12-18-10-8-15(19)9-11-18/h2-4,6-7,15-16,19-20H,1,5,8-13H2. The van der Waals surface area contributed by atoms with Gasteiger partial charge in [-0.3, -0.25) is 0 Å². The lowest BCUT2D eigenvalue weighted by molar-refractivity contribution is 0.0336. The normalized spacial score (nSPS) is 18.4. The SMILES string of the molecule is C=CCc1ccccc1OCC(O)CN1CCC(O)CC1. The number of rotatable bonds is 7. The van der Waals surface area contributed by atoms with E-state index in [1.807, 2.05) is 30.3 Å². The van der Waals surface area contributed by atoms with Gasteiger partial charge >= 0.3 is 0 Å². The first-order chi connectivity index (χ1) is 10.2. The van der Waals surface area contributed by atoms with Crippen molar-refractivity contribution in [3.8, 4) is 5.75 Å². The first-order valence-electron chi connectivity index (χ1n) is 7.59. The van der Waals surface area contributed by atoms with Crippen LogP contribution in [0.5, 0.6) is 5.75 Å². The average Bonchev–Trinajstić information content (AvgIpc) is 2.49. The molecule has 0 aromatic heterocycles. The monoisotopic (exact) mass is 291 g/mol. The molecular formula is C17H25NO3. The van der Waals surface area contributed by atoms with Crippen molar-refractivity contribution in [1.29, 1.82) is 0 Å². The second-order valence-electron chi connectivity index (χ2n) is 5.60. The van der Waals surface area contributed by atoms with Crippen molar-refractivity contribution < 1.29 is 14.9 Å². The Morgan fingerprint density at radius 2 is 2.05 bits per heavy atom. The molecule has 21 heavy (non-hydrogen) atoms. The van der Waals surface area contributed by atoms with Gasteiger partial charge < -0.3 is 19.8 Å². The summed E-state index contributed by atoms with van der Waals surface area (Å²) in [5.41, 5.74) is 1.08. The lowest BCUT2D eigenvalue weighted by Gasteiger charge is -2.30. The topological polar surface area (TPSA) is 52.9 Å². The number of aliphatic hydroxyl groups excluding tert-OH is 2. The number of piperidine rings is 1. The summed E-state index contributed by atoms with van der Waals surface area (Å²) in [5.74, 6) is 0.811. The van der Waals surface area contributed by atoms with Gasteiger partial charge in [0.05, 0.1) is 6.10 Å². The Labute approximate surface area is 126 Å². The van der Waals surface area contributed by atoms with E-state index in [1.165, 1.54) is 0 Å². The highest BCUT2D eigenvalue weighted by Gasteiger charge is 2.19. The van der Waals surface area contributed by atoms with E-state index in [1.54, 1.807) is 0 Å². The molecule has 1 saturated heterocycles. The molecule has 0 aliphatic carbocycles. The molecule has 1 heterocycles. The van der Waals surface area contributed by atoms with Crippen LogP contribution in [0, 0.1) is 0 Å². The van der Waals surface area contributed by atoms with Crippen molar-refractivity contribution >= 4 is 0 Å². The molecule has 4 heteroatoms. The number of nitrogens with zero attached hydrogens (tertiary/aromatic N) is 1. The smallest absolute Gasteiger partial charge is 0.122 e. The van der Waals surface area contributed by atoms with Crippen molar-refractivity contribution in [2.24, 2.45) is 0 Å². The Morgan fingerprint density at radius 3 is 2.76 bits per heavy atom. The number of hydrogen-bond acceptors (Lipinski definition) is 4. The predicted octanol–water partition coefficient (Wildman–Crippen LogP) is 1.61. The first kappa shape index (κ1) is 16.0. The van der Waals surface area contributed by atoms with Crippen molar-refractivity contribution in [3.05, 3.63) is 42.5 Å². The molecular weight excluding hydrogens is 266 g/mol. The number of allylic oxidation sites excluding steroid dienone is 1. The van der Waals surface area contributed by atoms with Gasteiger partial charge in [0, 0.05) is 19.6 Å². The molecule has 1 aliphatic heterocycles. The van der Waals surface area contributed by atoms with Crippen molar-refractivity contribution in [3.63, 3.8) is 0 Å². The molecule has 4 nitrogen and oxygen atoms in total. The van der Waals surface area contributed by atoms with Crippen LogP contribution in [0.3, 0.4) is 0 Å². The Bertz CT molecular complexity index is 441. The van der Waals surface area contributed by atoms with Gasteiger partial charge in [0.15, 0.2) is 0 Å². The van der Waals surface area contributed by atoms with Gasteiger partial charge in [0.2, 0.25) is 0 Å². The number of likely N-dealkylation sites (tertiary alicyclic amines) is 1. The second kappa shape index (κ2) is 8.17. The van der Waals surface area contributed by atoms with Gasteiger partial charge in [-0.05, 0) is 30.9 Å². The molecule has 0 bridgehead atoms. The summed E-state index contributed by atoms with van der Waals surface area (Å²) >= 11 is 0. The third-order valence-electron chi connectivity index (χ3n) is 3.79. The van der Waals surface area contributed by atoms with E-state index >= 15 is 0 Å². The summed E-state index contributed by atoms with van der Waals surface area (Å²) in [4.78, 5) is 2.18. The summed E-state index contributed by atoms with van der Waals surface area (Å²) in [6, 6.07) is 7.83. The summed E-state index contributed by atoms with van der Waals surface area (Å²) < 4.78 is 5.74. The van der Waals surface area contributed by atoms with Crippen molar-refractivity contribution in [2.75, 3.05) is 26.2 Å². The molecule has 1 atom stereocenters. The zero-order valence-electron chi connectivity index (χ0n) is 12.4. The Hall–Kier alpha value is -1.36. The highest BCUT2D eigenvalue weighted by molar-refractivity contribution is 5.34. The second-order valence-corrected chi connectivity index (χ2v) is 5.60. The quantitative estimate of drug-likeness (QED) is 0.750. The van der Waals surface area contributed by atoms with Crippen LogP contribution < -0.4 is 4.74 Å². The van der Waals surface area contributed by atoms with Crippen LogP contribution in [0.2, 0.25) is 0 Å². The summed E-state index contributed by atoms with van der Waals surface area (Å²) in [5, 5.41) is 19.6. The fourth-order valence-electron chi connectivity index (χ4n) is 2.61. The van der Waals surface area contributed by atoms with E-state index in [4.69, 9.17) is 4.74 Å². The maximum absolute atomic E-state index is 10.1. The maximum atomic E-state index is 10.1. The number of hydrogen-bond donors (Lipinski definition) is 2. The first-order valence-corrected chi connectivity index (χ1v) is 7.59. The molecule has 0 spiro atoms. The summed E-state index contributed by atoms with van der Waals surface area (Å²) in [6.07, 6.45) is 3.48. The summed E-state index contributed by atoms with van der Waals surface area (Å²) in [7, 11) is 0. The molecule has 1 aromatic rings. The predicted molar refractivity (Wildman–Crippen MR) is 83.5 cm³/mol. The van der Waals surface area contributed by atoms with Crippen LogP contribution in [-0.4, -0.2) is 53.6 Å². The lowest BCUT2D eigenvalue weighted by Crippen LogP contribution is -2.41. The van der Waals surface area contributed by atoms with E-state index < -0.39 is 6.10 Å². The van der Waals surface area contributed by atoms with Crippen LogP contribution in [0.25, 0.3) is 0 Å².